The largest absolute Gasteiger partial charge is 0.325 e. The van der Waals surface area contributed by atoms with E-state index in [0.717, 1.165) is 14.7 Å². The number of hydrogen-bond donors (Lipinski definition) is 1. The number of benzene rings is 2. The Bertz CT molecular complexity index is 987. The molecule has 0 unspecified atom stereocenters. The molecule has 4 nitrogen and oxygen atoms in total. The molecule has 1 N–H and O–H groups in total. The Balaban J connectivity index is 1.67. The third-order valence-electron chi connectivity index (χ3n) is 3.84. The van der Waals surface area contributed by atoms with Crippen LogP contribution in [-0.2, 0) is 9.59 Å². The number of hydrogen-bond acceptors (Lipinski definition) is 4. The molecule has 1 heterocycles. The Kier molecular flexibility index (Phi) is 7.03. The molecule has 1 aliphatic heterocycles. The zero-order chi connectivity index (χ0) is 20.1. The van der Waals surface area contributed by atoms with Crippen molar-refractivity contribution in [2.24, 2.45) is 0 Å². The molecule has 1 saturated heterocycles. The number of nitrogens with zero attached hydrogens (tertiary/aromatic N) is 1. The van der Waals surface area contributed by atoms with E-state index >= 15 is 0 Å². The van der Waals surface area contributed by atoms with Crippen LogP contribution in [0.25, 0.3) is 6.08 Å². The van der Waals surface area contributed by atoms with Gasteiger partial charge in [0.15, 0.2) is 0 Å². The minimum atomic E-state index is -0.281. The molecule has 3 rings (SSSR count). The SMILES string of the molecule is CC(/C=C1\SC(=S)N(CC(=O)Nc2cccc(I)c2)C1=O)=C\c1ccccc1. The summed E-state index contributed by atoms with van der Waals surface area (Å²) in [6, 6.07) is 17.3. The van der Waals surface area contributed by atoms with Gasteiger partial charge in [0.2, 0.25) is 5.91 Å². The van der Waals surface area contributed by atoms with Crippen LogP contribution in [0.2, 0.25) is 0 Å². The maximum Gasteiger partial charge on any atom is 0.266 e. The Morgan fingerprint density at radius 3 is 2.68 bits per heavy atom. The highest BCUT2D eigenvalue weighted by Crippen LogP contribution is 2.32. The summed E-state index contributed by atoms with van der Waals surface area (Å²) in [4.78, 5) is 26.9. The van der Waals surface area contributed by atoms with E-state index in [9.17, 15) is 9.59 Å². The van der Waals surface area contributed by atoms with Crippen LogP contribution in [0.1, 0.15) is 12.5 Å². The van der Waals surface area contributed by atoms with Crippen molar-refractivity contribution < 1.29 is 9.59 Å². The Morgan fingerprint density at radius 2 is 1.96 bits per heavy atom. The van der Waals surface area contributed by atoms with E-state index in [1.165, 1.54) is 16.7 Å². The molecule has 2 amide bonds. The van der Waals surface area contributed by atoms with Gasteiger partial charge in [-0.05, 0) is 64.9 Å². The van der Waals surface area contributed by atoms with Crippen molar-refractivity contribution >= 4 is 74.5 Å². The second-order valence-electron chi connectivity index (χ2n) is 6.13. The van der Waals surface area contributed by atoms with Crippen LogP contribution < -0.4 is 5.32 Å². The summed E-state index contributed by atoms with van der Waals surface area (Å²) in [6.45, 7) is 1.83. The number of carbonyl (C=O) groups excluding carboxylic acids is 2. The zero-order valence-electron chi connectivity index (χ0n) is 15.0. The molecule has 0 spiro atoms. The number of anilines is 1. The summed E-state index contributed by atoms with van der Waals surface area (Å²) in [5, 5.41) is 2.80. The molecule has 28 heavy (non-hydrogen) atoms. The first-order valence-electron chi connectivity index (χ1n) is 8.46. The topological polar surface area (TPSA) is 49.4 Å². The van der Waals surface area contributed by atoms with Crippen LogP contribution >= 0.6 is 46.6 Å². The van der Waals surface area contributed by atoms with Crippen molar-refractivity contribution in [3.63, 3.8) is 0 Å². The Morgan fingerprint density at radius 1 is 1.21 bits per heavy atom. The molecular formula is C21H17IN2O2S2. The fraction of sp³-hybridized carbons (Fsp3) is 0.0952. The van der Waals surface area contributed by atoms with Crippen LogP contribution in [0.5, 0.6) is 0 Å². The second-order valence-corrected chi connectivity index (χ2v) is 9.05. The van der Waals surface area contributed by atoms with Gasteiger partial charge in [0.05, 0.1) is 4.91 Å². The number of thioether (sulfide) groups is 1. The monoisotopic (exact) mass is 520 g/mol. The van der Waals surface area contributed by atoms with E-state index in [1.807, 2.05) is 73.7 Å². The highest BCUT2D eigenvalue weighted by atomic mass is 127. The van der Waals surface area contributed by atoms with Gasteiger partial charge in [0, 0.05) is 9.26 Å². The Labute approximate surface area is 187 Å². The van der Waals surface area contributed by atoms with Gasteiger partial charge in [-0.2, -0.15) is 0 Å². The molecule has 2 aromatic carbocycles. The van der Waals surface area contributed by atoms with Gasteiger partial charge in [0.25, 0.3) is 5.91 Å². The van der Waals surface area contributed by atoms with Gasteiger partial charge < -0.3 is 5.32 Å². The molecule has 142 valence electrons. The van der Waals surface area contributed by atoms with Crippen LogP contribution in [0, 0.1) is 3.57 Å². The number of rotatable bonds is 5. The summed E-state index contributed by atoms with van der Waals surface area (Å²) >= 11 is 8.70. The number of allylic oxidation sites excluding steroid dienone is 2. The van der Waals surface area contributed by atoms with Crippen LogP contribution in [0.3, 0.4) is 0 Å². The van der Waals surface area contributed by atoms with E-state index in [1.54, 1.807) is 0 Å². The predicted molar refractivity (Wildman–Crippen MR) is 128 cm³/mol. The highest BCUT2D eigenvalue weighted by Gasteiger charge is 2.33. The summed E-state index contributed by atoms with van der Waals surface area (Å²) in [7, 11) is 0. The van der Waals surface area contributed by atoms with Gasteiger partial charge in [-0.25, -0.2) is 0 Å². The van der Waals surface area contributed by atoms with Gasteiger partial charge in [-0.1, -0.05) is 66.5 Å². The summed E-state index contributed by atoms with van der Waals surface area (Å²) in [5.74, 6) is -0.523. The number of thiocarbonyl (C=S) groups is 1. The van der Waals surface area contributed by atoms with E-state index in [-0.39, 0.29) is 18.4 Å². The van der Waals surface area contributed by atoms with Crippen molar-refractivity contribution in [2.45, 2.75) is 6.92 Å². The molecular weight excluding hydrogens is 503 g/mol. The van der Waals surface area contributed by atoms with Crippen molar-refractivity contribution in [3.8, 4) is 0 Å². The molecule has 0 aromatic heterocycles. The first-order valence-corrected chi connectivity index (χ1v) is 10.8. The van der Waals surface area contributed by atoms with E-state index in [2.05, 4.69) is 27.9 Å². The quantitative estimate of drug-likeness (QED) is 0.340. The zero-order valence-corrected chi connectivity index (χ0v) is 18.8. The third-order valence-corrected chi connectivity index (χ3v) is 5.89. The number of carbonyl (C=O) groups is 2. The van der Waals surface area contributed by atoms with Gasteiger partial charge >= 0.3 is 0 Å². The lowest BCUT2D eigenvalue weighted by molar-refractivity contribution is -0.126. The first kappa shape index (κ1) is 20.8. The molecule has 0 radical (unpaired) electrons. The lowest BCUT2D eigenvalue weighted by Gasteiger charge is -2.14. The minimum absolute atomic E-state index is 0.102. The highest BCUT2D eigenvalue weighted by molar-refractivity contribution is 14.1. The lowest BCUT2D eigenvalue weighted by atomic mass is 10.1. The maximum absolute atomic E-state index is 12.7. The van der Waals surface area contributed by atoms with Gasteiger partial charge in [-0.3, -0.25) is 14.5 Å². The van der Waals surface area contributed by atoms with Crippen LogP contribution in [0.15, 0.2) is 71.2 Å². The molecule has 1 aliphatic rings. The molecule has 0 bridgehead atoms. The van der Waals surface area contributed by atoms with Gasteiger partial charge in [-0.15, -0.1) is 0 Å². The van der Waals surface area contributed by atoms with Crippen LogP contribution in [-0.4, -0.2) is 27.6 Å². The predicted octanol–water partition coefficient (Wildman–Crippen LogP) is 5.08. The van der Waals surface area contributed by atoms with E-state index in [4.69, 9.17) is 12.2 Å². The lowest BCUT2D eigenvalue weighted by Crippen LogP contribution is -2.36. The third kappa shape index (κ3) is 5.52. The average Bonchev–Trinajstić information content (AvgIpc) is 2.90. The summed E-state index contributed by atoms with van der Waals surface area (Å²) in [5.41, 5.74) is 2.69. The van der Waals surface area contributed by atoms with Crippen molar-refractivity contribution in [1.82, 2.24) is 4.90 Å². The average molecular weight is 520 g/mol. The standard InChI is InChI=1S/C21H17IN2O2S2/c1-14(10-15-6-3-2-4-7-15)11-18-20(26)24(21(27)28-18)13-19(25)23-17-9-5-8-16(22)12-17/h2-12H,13H2,1H3,(H,23,25)/b14-10+,18-11-. The fourth-order valence-corrected chi connectivity index (χ4v) is 4.46. The summed E-state index contributed by atoms with van der Waals surface area (Å²) < 4.78 is 1.41. The number of halogens is 1. The molecule has 1 fully saturated rings. The maximum atomic E-state index is 12.7. The molecule has 0 saturated carbocycles. The molecule has 0 atom stereocenters. The molecule has 7 heteroatoms. The van der Waals surface area contributed by atoms with E-state index in [0.29, 0.717) is 14.9 Å². The van der Waals surface area contributed by atoms with Crippen molar-refractivity contribution in [1.29, 1.82) is 0 Å². The van der Waals surface area contributed by atoms with E-state index < -0.39 is 0 Å². The second kappa shape index (κ2) is 9.49. The number of amides is 2. The van der Waals surface area contributed by atoms with Crippen molar-refractivity contribution in [3.05, 3.63) is 80.3 Å². The minimum Gasteiger partial charge on any atom is -0.325 e. The summed E-state index contributed by atoms with van der Waals surface area (Å²) in [6.07, 6.45) is 3.81. The molecule has 0 aliphatic carbocycles. The van der Waals surface area contributed by atoms with Crippen LogP contribution in [0.4, 0.5) is 5.69 Å². The normalized spacial score (nSPS) is 16.0. The smallest absolute Gasteiger partial charge is 0.266 e. The fourth-order valence-electron chi connectivity index (χ4n) is 2.61. The molecule has 2 aromatic rings. The Hall–Kier alpha value is -1.97. The van der Waals surface area contributed by atoms with Gasteiger partial charge in [0.1, 0.15) is 10.9 Å². The van der Waals surface area contributed by atoms with Crippen molar-refractivity contribution in [2.75, 3.05) is 11.9 Å². The first-order chi connectivity index (χ1) is 13.4. The number of nitrogens with one attached hydrogen (secondary N) is 1.